The Kier molecular flexibility index (Phi) is 3.14. The molecule has 0 bridgehead atoms. The summed E-state index contributed by atoms with van der Waals surface area (Å²) < 4.78 is 11.6. The topological polar surface area (TPSA) is 95.5 Å². The average Bonchev–Trinajstić information content (AvgIpc) is 3.04. The number of hydrogen-bond acceptors (Lipinski definition) is 7. The van der Waals surface area contributed by atoms with Gasteiger partial charge in [0.2, 0.25) is 0 Å². The Labute approximate surface area is 153 Å². The molecule has 2 aliphatic rings. The lowest BCUT2D eigenvalue weighted by atomic mass is 9.81. The van der Waals surface area contributed by atoms with Crippen LogP contribution >= 0.6 is 11.6 Å². The third kappa shape index (κ3) is 2.14. The van der Waals surface area contributed by atoms with Crippen molar-refractivity contribution in [2.75, 3.05) is 6.61 Å². The lowest BCUT2D eigenvalue weighted by Gasteiger charge is -2.33. The van der Waals surface area contributed by atoms with E-state index in [1.165, 1.54) is 6.33 Å². The van der Waals surface area contributed by atoms with Crippen LogP contribution in [0.1, 0.15) is 11.1 Å². The zero-order valence-electron chi connectivity index (χ0n) is 13.4. The number of aliphatic imine (C=N–C) groups is 1. The Balaban J connectivity index is 1.75. The van der Waals surface area contributed by atoms with Gasteiger partial charge in [0.25, 0.3) is 6.02 Å². The third-order valence-electron chi connectivity index (χ3n) is 4.55. The largest absolute Gasteiger partial charge is 0.462 e. The molecule has 2 N–H and O–H groups in total. The maximum Gasteiger partial charge on any atom is 0.283 e. The average molecular weight is 366 g/mol. The summed E-state index contributed by atoms with van der Waals surface area (Å²) in [6, 6.07) is 7.64. The van der Waals surface area contributed by atoms with Crippen molar-refractivity contribution >= 4 is 17.6 Å². The number of aromatic nitrogens is 3. The molecule has 128 valence electrons. The molecule has 1 unspecified atom stereocenters. The van der Waals surface area contributed by atoms with E-state index in [4.69, 9.17) is 26.8 Å². The zero-order chi connectivity index (χ0) is 17.7. The van der Waals surface area contributed by atoms with Gasteiger partial charge in [0.15, 0.2) is 5.54 Å². The van der Waals surface area contributed by atoms with Crippen LogP contribution in [0.5, 0.6) is 11.5 Å². The van der Waals surface area contributed by atoms with E-state index in [2.05, 4.69) is 19.9 Å². The summed E-state index contributed by atoms with van der Waals surface area (Å²) in [7, 11) is 0. The summed E-state index contributed by atoms with van der Waals surface area (Å²) in [6.07, 6.45) is 6.66. The highest BCUT2D eigenvalue weighted by Gasteiger charge is 2.47. The highest BCUT2D eigenvalue weighted by molar-refractivity contribution is 6.29. The van der Waals surface area contributed by atoms with Crippen molar-refractivity contribution in [2.45, 2.75) is 5.54 Å². The molecule has 26 heavy (non-hydrogen) atoms. The van der Waals surface area contributed by atoms with Crippen LogP contribution in [-0.4, -0.2) is 27.6 Å². The first-order chi connectivity index (χ1) is 12.7. The Morgan fingerprint density at radius 3 is 2.62 bits per heavy atom. The Hall–Kier alpha value is -3.19. The number of pyridine rings is 1. The van der Waals surface area contributed by atoms with E-state index in [9.17, 15) is 0 Å². The molecule has 7 nitrogen and oxygen atoms in total. The van der Waals surface area contributed by atoms with Crippen LogP contribution in [0.4, 0.5) is 0 Å². The summed E-state index contributed by atoms with van der Waals surface area (Å²) in [5.74, 6) is 1.26. The molecule has 3 aromatic rings. The highest BCUT2D eigenvalue weighted by atomic mass is 35.5. The minimum Gasteiger partial charge on any atom is -0.462 e. The first-order valence-electron chi connectivity index (χ1n) is 7.88. The smallest absolute Gasteiger partial charge is 0.283 e. The predicted molar refractivity (Wildman–Crippen MR) is 95.1 cm³/mol. The van der Waals surface area contributed by atoms with Gasteiger partial charge in [-0.25, -0.2) is 19.9 Å². The van der Waals surface area contributed by atoms with Crippen molar-refractivity contribution in [3.8, 4) is 22.6 Å². The second-order valence-electron chi connectivity index (χ2n) is 6.04. The van der Waals surface area contributed by atoms with Gasteiger partial charge in [-0.3, -0.25) is 0 Å². The molecule has 8 heteroatoms. The number of amidine groups is 1. The Bertz CT molecular complexity index is 1060. The lowest BCUT2D eigenvalue weighted by molar-refractivity contribution is 0.264. The predicted octanol–water partition coefficient (Wildman–Crippen LogP) is 2.89. The minimum absolute atomic E-state index is 0.132. The molecule has 1 spiro atoms. The molecule has 0 saturated carbocycles. The van der Waals surface area contributed by atoms with Crippen LogP contribution in [0.2, 0.25) is 5.15 Å². The van der Waals surface area contributed by atoms with Crippen molar-refractivity contribution < 1.29 is 9.47 Å². The number of nitrogens with zero attached hydrogens (tertiary/aromatic N) is 4. The van der Waals surface area contributed by atoms with Crippen LogP contribution in [0.15, 0.2) is 54.2 Å². The zero-order valence-corrected chi connectivity index (χ0v) is 14.1. The number of rotatable bonds is 1. The fraction of sp³-hybridized carbons (Fsp3) is 0.111. The van der Waals surface area contributed by atoms with E-state index >= 15 is 0 Å². The van der Waals surface area contributed by atoms with E-state index in [0.29, 0.717) is 16.7 Å². The molecule has 0 fully saturated rings. The number of nitrogens with two attached hydrogens (primary N) is 1. The van der Waals surface area contributed by atoms with Crippen LogP contribution in [-0.2, 0) is 10.3 Å². The first kappa shape index (κ1) is 15.1. The van der Waals surface area contributed by atoms with Gasteiger partial charge in [0.1, 0.15) is 29.6 Å². The summed E-state index contributed by atoms with van der Waals surface area (Å²) in [4.78, 5) is 17.0. The molecule has 2 aliphatic heterocycles. The number of benzene rings is 1. The van der Waals surface area contributed by atoms with Gasteiger partial charge in [-0.15, -0.1) is 0 Å². The molecule has 1 aromatic carbocycles. The van der Waals surface area contributed by atoms with Crippen LogP contribution < -0.4 is 10.5 Å². The molecule has 2 aromatic heterocycles. The minimum atomic E-state index is -0.823. The van der Waals surface area contributed by atoms with Gasteiger partial charge in [-0.1, -0.05) is 17.7 Å². The summed E-state index contributed by atoms with van der Waals surface area (Å²) >= 11 is 6.04. The number of ether oxygens (including phenoxy) is 2. The van der Waals surface area contributed by atoms with Crippen molar-refractivity contribution in [3.63, 3.8) is 0 Å². The van der Waals surface area contributed by atoms with E-state index in [1.54, 1.807) is 24.7 Å². The number of hydrogen-bond donors (Lipinski definition) is 1. The normalized spacial score (nSPS) is 20.0. The Morgan fingerprint density at radius 2 is 1.85 bits per heavy atom. The third-order valence-corrected chi connectivity index (χ3v) is 4.75. The van der Waals surface area contributed by atoms with Gasteiger partial charge >= 0.3 is 0 Å². The number of halogens is 1. The molecular formula is C18H12ClN5O2. The van der Waals surface area contributed by atoms with Gasteiger partial charge in [0, 0.05) is 41.3 Å². The number of fused-ring (bicyclic) bond motifs is 4. The van der Waals surface area contributed by atoms with Crippen LogP contribution in [0.3, 0.4) is 0 Å². The molecule has 0 aliphatic carbocycles. The second kappa shape index (κ2) is 5.40. The van der Waals surface area contributed by atoms with E-state index < -0.39 is 5.54 Å². The first-order valence-corrected chi connectivity index (χ1v) is 8.25. The molecule has 4 heterocycles. The van der Waals surface area contributed by atoms with Gasteiger partial charge in [-0.2, -0.15) is 0 Å². The maximum absolute atomic E-state index is 6.05. The second-order valence-corrected chi connectivity index (χ2v) is 6.43. The highest BCUT2D eigenvalue weighted by Crippen LogP contribution is 2.51. The molecular weight excluding hydrogens is 354 g/mol. The van der Waals surface area contributed by atoms with E-state index in [0.717, 1.165) is 22.3 Å². The molecule has 1 atom stereocenters. The molecule has 0 amide bonds. The van der Waals surface area contributed by atoms with E-state index in [1.807, 2.05) is 18.2 Å². The quantitative estimate of drug-likeness (QED) is 0.666. The van der Waals surface area contributed by atoms with Gasteiger partial charge in [0.05, 0.1) is 0 Å². The standard InChI is InChI=1S/C18H12ClN5O2/c19-16-4-15-13(7-23-16)18(8-25-17(20)24-18)12-3-10(1-2-14(12)26-15)11-5-21-9-22-6-11/h1-7,9H,8H2,(H2,20,24). The molecule has 5 rings (SSSR count). The van der Waals surface area contributed by atoms with Crippen molar-refractivity contribution in [1.82, 2.24) is 15.0 Å². The van der Waals surface area contributed by atoms with Crippen molar-refractivity contribution in [3.05, 3.63) is 65.5 Å². The van der Waals surface area contributed by atoms with Gasteiger partial charge < -0.3 is 15.2 Å². The van der Waals surface area contributed by atoms with Gasteiger partial charge in [-0.05, 0) is 17.7 Å². The van der Waals surface area contributed by atoms with E-state index in [-0.39, 0.29) is 12.6 Å². The van der Waals surface area contributed by atoms with Crippen LogP contribution in [0.25, 0.3) is 11.1 Å². The fourth-order valence-corrected chi connectivity index (χ4v) is 3.50. The fourth-order valence-electron chi connectivity index (χ4n) is 3.35. The summed E-state index contributed by atoms with van der Waals surface area (Å²) in [6.45, 7) is 0.264. The summed E-state index contributed by atoms with van der Waals surface area (Å²) in [5, 5.41) is 0.344. The molecule has 0 saturated heterocycles. The SMILES string of the molecule is NC1=NC2(CO1)c1cnc(Cl)cc1Oc1ccc(-c3cncnc3)cc12. The monoisotopic (exact) mass is 365 g/mol. The van der Waals surface area contributed by atoms with Crippen LogP contribution in [0, 0.1) is 0 Å². The van der Waals surface area contributed by atoms with Crippen molar-refractivity contribution in [1.29, 1.82) is 0 Å². The maximum atomic E-state index is 6.05. The summed E-state index contributed by atoms with van der Waals surface area (Å²) in [5.41, 5.74) is 8.47. The van der Waals surface area contributed by atoms with Crippen molar-refractivity contribution in [2.24, 2.45) is 10.7 Å². The molecule has 0 radical (unpaired) electrons. The lowest BCUT2D eigenvalue weighted by Crippen LogP contribution is -2.31. The Morgan fingerprint density at radius 1 is 1.00 bits per heavy atom.